The number of carbonyl (C=O) groups excluding carboxylic acids is 1. The van der Waals surface area contributed by atoms with Crippen LogP contribution in [-0.2, 0) is 4.79 Å². The van der Waals surface area contributed by atoms with Gasteiger partial charge in [-0.3, -0.25) is 4.79 Å². The molecule has 0 aliphatic heterocycles. The highest BCUT2D eigenvalue weighted by molar-refractivity contribution is 5.84. The van der Waals surface area contributed by atoms with E-state index in [1.165, 1.54) is 0 Å². The van der Waals surface area contributed by atoms with Gasteiger partial charge in [0, 0.05) is 0 Å². The maximum atomic E-state index is 10.3. The van der Waals surface area contributed by atoms with E-state index in [0.29, 0.717) is 12.8 Å². The van der Waals surface area contributed by atoms with Gasteiger partial charge in [0.15, 0.2) is 0 Å². The molecule has 0 aromatic carbocycles. The van der Waals surface area contributed by atoms with E-state index in [1.807, 2.05) is 0 Å². The Labute approximate surface area is 47.5 Å². The van der Waals surface area contributed by atoms with Crippen molar-refractivity contribution >= 4 is 5.91 Å². The zero-order valence-corrected chi connectivity index (χ0v) is 4.55. The van der Waals surface area contributed by atoms with Crippen molar-refractivity contribution in [3.8, 4) is 0 Å². The van der Waals surface area contributed by atoms with Crippen molar-refractivity contribution in [3.05, 3.63) is 0 Å². The number of amides is 1. The number of nitrogens with two attached hydrogens (primary N) is 1. The molecule has 3 heteroatoms. The van der Waals surface area contributed by atoms with E-state index in [4.69, 9.17) is 10.8 Å². The fourth-order valence-corrected chi connectivity index (χ4v) is 0.758. The lowest BCUT2D eigenvalue weighted by Gasteiger charge is -2.32. The lowest BCUT2D eigenvalue weighted by atomic mass is 9.80. The summed E-state index contributed by atoms with van der Waals surface area (Å²) in [5, 5.41) is 9.01. The fourth-order valence-electron chi connectivity index (χ4n) is 0.758. The number of aliphatic hydroxyl groups is 1. The number of carbonyl (C=O) groups is 1. The van der Waals surface area contributed by atoms with E-state index in [2.05, 4.69) is 0 Å². The molecule has 0 heterocycles. The molecule has 3 N–H and O–H groups in total. The molecule has 0 saturated heterocycles. The molecule has 1 saturated carbocycles. The van der Waals surface area contributed by atoms with Crippen LogP contribution < -0.4 is 5.73 Å². The van der Waals surface area contributed by atoms with Crippen molar-refractivity contribution in [3.63, 3.8) is 0 Å². The van der Waals surface area contributed by atoms with E-state index in [0.717, 1.165) is 6.42 Å². The van der Waals surface area contributed by atoms with Gasteiger partial charge in [0.25, 0.3) is 0 Å². The minimum atomic E-state index is -1.14. The summed E-state index contributed by atoms with van der Waals surface area (Å²) in [6.07, 6.45) is 2.00. The minimum absolute atomic E-state index is 0.544. The van der Waals surface area contributed by atoms with Crippen LogP contribution in [0, 0.1) is 0 Å². The Kier molecular flexibility index (Phi) is 1.01. The van der Waals surface area contributed by atoms with Crippen molar-refractivity contribution in [2.24, 2.45) is 5.73 Å². The third-order valence-electron chi connectivity index (χ3n) is 1.64. The molecule has 1 rings (SSSR count). The SMILES string of the molecule is NC(=O)C1(O)CCC1. The Bertz CT molecular complexity index is 118. The number of rotatable bonds is 1. The second-order valence-electron chi connectivity index (χ2n) is 2.25. The third-order valence-corrected chi connectivity index (χ3v) is 1.64. The second kappa shape index (κ2) is 1.45. The van der Waals surface area contributed by atoms with Crippen molar-refractivity contribution in [2.75, 3.05) is 0 Å². The summed E-state index contributed by atoms with van der Waals surface area (Å²) in [5.41, 5.74) is 3.70. The van der Waals surface area contributed by atoms with Crippen molar-refractivity contribution in [2.45, 2.75) is 24.9 Å². The predicted octanol–water partition coefficient (Wildman–Crippen LogP) is -0.613. The molecule has 0 radical (unpaired) electrons. The van der Waals surface area contributed by atoms with Gasteiger partial charge in [-0.25, -0.2) is 0 Å². The van der Waals surface area contributed by atoms with Gasteiger partial charge in [-0.2, -0.15) is 0 Å². The zero-order chi connectivity index (χ0) is 6.20. The quantitative estimate of drug-likeness (QED) is 0.478. The Hall–Kier alpha value is -0.570. The van der Waals surface area contributed by atoms with Crippen molar-refractivity contribution in [1.82, 2.24) is 0 Å². The highest BCUT2D eigenvalue weighted by Gasteiger charge is 2.39. The largest absolute Gasteiger partial charge is 0.380 e. The maximum absolute atomic E-state index is 10.3. The van der Waals surface area contributed by atoms with Gasteiger partial charge in [0.1, 0.15) is 5.60 Å². The second-order valence-corrected chi connectivity index (χ2v) is 2.25. The van der Waals surface area contributed by atoms with Crippen LogP contribution in [0.25, 0.3) is 0 Å². The predicted molar refractivity (Wildman–Crippen MR) is 28.0 cm³/mol. The van der Waals surface area contributed by atoms with Crippen LogP contribution >= 0.6 is 0 Å². The van der Waals surface area contributed by atoms with Crippen LogP contribution in [-0.4, -0.2) is 16.6 Å². The van der Waals surface area contributed by atoms with E-state index in [9.17, 15) is 4.79 Å². The van der Waals surface area contributed by atoms with Crippen molar-refractivity contribution < 1.29 is 9.90 Å². The fraction of sp³-hybridized carbons (Fsp3) is 0.800. The molecule has 3 nitrogen and oxygen atoms in total. The average molecular weight is 115 g/mol. The molecule has 8 heavy (non-hydrogen) atoms. The van der Waals surface area contributed by atoms with Crippen LogP contribution in [0.1, 0.15) is 19.3 Å². The molecular formula is C5H9NO2. The summed E-state index contributed by atoms with van der Waals surface area (Å²) in [6.45, 7) is 0. The van der Waals surface area contributed by atoms with E-state index < -0.39 is 11.5 Å². The molecule has 0 aromatic rings. The van der Waals surface area contributed by atoms with E-state index in [1.54, 1.807) is 0 Å². The monoisotopic (exact) mass is 115 g/mol. The molecule has 46 valence electrons. The molecule has 1 aliphatic rings. The third kappa shape index (κ3) is 0.591. The zero-order valence-electron chi connectivity index (χ0n) is 4.55. The summed E-state index contributed by atoms with van der Waals surface area (Å²) in [6, 6.07) is 0. The first-order valence-electron chi connectivity index (χ1n) is 2.67. The molecule has 1 aliphatic carbocycles. The van der Waals surface area contributed by atoms with Crippen LogP contribution in [0.4, 0.5) is 0 Å². The summed E-state index contributed by atoms with van der Waals surface area (Å²) >= 11 is 0. The Morgan fingerprint density at radius 2 is 2.12 bits per heavy atom. The first kappa shape index (κ1) is 5.56. The van der Waals surface area contributed by atoms with Crippen LogP contribution in [0.5, 0.6) is 0 Å². The van der Waals surface area contributed by atoms with Gasteiger partial charge < -0.3 is 10.8 Å². The highest BCUT2D eigenvalue weighted by atomic mass is 16.3. The first-order valence-corrected chi connectivity index (χ1v) is 2.67. The molecule has 0 atom stereocenters. The van der Waals surface area contributed by atoms with Gasteiger partial charge in [-0.1, -0.05) is 0 Å². The normalized spacial score (nSPS) is 24.1. The molecular weight excluding hydrogens is 106 g/mol. The summed E-state index contributed by atoms with van der Waals surface area (Å²) < 4.78 is 0. The topological polar surface area (TPSA) is 63.3 Å². The Morgan fingerprint density at radius 3 is 2.12 bits per heavy atom. The summed E-state index contributed by atoms with van der Waals surface area (Å²) in [4.78, 5) is 10.3. The molecule has 0 bridgehead atoms. The minimum Gasteiger partial charge on any atom is -0.380 e. The highest BCUT2D eigenvalue weighted by Crippen LogP contribution is 2.30. The molecule has 1 fully saturated rings. The van der Waals surface area contributed by atoms with E-state index in [-0.39, 0.29) is 0 Å². The van der Waals surface area contributed by atoms with Crippen LogP contribution in [0.15, 0.2) is 0 Å². The summed E-state index contributed by atoms with van der Waals surface area (Å²) in [5.74, 6) is -0.580. The molecule has 0 unspecified atom stereocenters. The lowest BCUT2D eigenvalue weighted by Crippen LogP contribution is -2.49. The Balaban J connectivity index is 2.53. The van der Waals surface area contributed by atoms with Crippen LogP contribution in [0.3, 0.4) is 0 Å². The Morgan fingerprint density at radius 1 is 1.62 bits per heavy atom. The molecule has 1 amide bonds. The standard InChI is InChI=1S/C5H9NO2/c6-4(7)5(8)2-1-3-5/h8H,1-3H2,(H2,6,7). The van der Waals surface area contributed by atoms with Gasteiger partial charge in [-0.05, 0) is 19.3 Å². The van der Waals surface area contributed by atoms with Crippen molar-refractivity contribution in [1.29, 1.82) is 0 Å². The van der Waals surface area contributed by atoms with E-state index >= 15 is 0 Å². The van der Waals surface area contributed by atoms with Gasteiger partial charge >= 0.3 is 0 Å². The van der Waals surface area contributed by atoms with Crippen LogP contribution in [0.2, 0.25) is 0 Å². The van der Waals surface area contributed by atoms with Gasteiger partial charge in [0.05, 0.1) is 0 Å². The summed E-state index contributed by atoms with van der Waals surface area (Å²) in [7, 11) is 0. The van der Waals surface area contributed by atoms with Gasteiger partial charge in [0.2, 0.25) is 5.91 Å². The number of primary amides is 1. The first-order chi connectivity index (χ1) is 3.65. The average Bonchev–Trinajstić information content (AvgIpc) is 1.60. The molecule has 0 aromatic heterocycles. The van der Waals surface area contributed by atoms with Gasteiger partial charge in [-0.15, -0.1) is 0 Å². The lowest BCUT2D eigenvalue weighted by molar-refractivity contribution is -0.144. The number of hydrogen-bond acceptors (Lipinski definition) is 2. The number of hydrogen-bond donors (Lipinski definition) is 2. The smallest absolute Gasteiger partial charge is 0.249 e. The molecule has 0 spiro atoms. The maximum Gasteiger partial charge on any atom is 0.249 e.